The van der Waals surface area contributed by atoms with Gasteiger partial charge in [0.05, 0.1) is 10.0 Å². The van der Waals surface area contributed by atoms with Crippen molar-refractivity contribution in [2.24, 2.45) is 0 Å². The van der Waals surface area contributed by atoms with Crippen molar-refractivity contribution in [1.29, 1.82) is 0 Å². The van der Waals surface area contributed by atoms with Gasteiger partial charge in [-0.25, -0.2) is 4.98 Å². The molecule has 0 unspecified atom stereocenters. The van der Waals surface area contributed by atoms with Crippen molar-refractivity contribution in [2.75, 3.05) is 5.32 Å². The van der Waals surface area contributed by atoms with Gasteiger partial charge >= 0.3 is 0 Å². The second-order valence-corrected chi connectivity index (χ2v) is 9.40. The fraction of sp³-hybridized carbons (Fsp3) is 0.0741. The van der Waals surface area contributed by atoms with E-state index in [-0.39, 0.29) is 10.9 Å². The van der Waals surface area contributed by atoms with E-state index in [0.29, 0.717) is 32.9 Å². The standard InChI is InChI=1S/C27H19Cl2N3O3S/c1-14-11-15(2)24-20(12-14)31-26(35-24)16-5-3-6-17(13-16)30-27(36)32-25(33)22-10-9-21(34-22)18-7-4-8-19(28)23(18)29/h3-13H,1-2H3,(H2,30,32,33,36). The number of aromatic nitrogens is 1. The molecule has 1 amide bonds. The summed E-state index contributed by atoms with van der Waals surface area (Å²) < 4.78 is 11.7. The van der Waals surface area contributed by atoms with Crippen molar-refractivity contribution in [3.05, 3.63) is 93.7 Å². The van der Waals surface area contributed by atoms with Gasteiger partial charge in [0, 0.05) is 16.8 Å². The summed E-state index contributed by atoms with van der Waals surface area (Å²) >= 11 is 17.7. The molecule has 2 heterocycles. The first-order valence-electron chi connectivity index (χ1n) is 10.9. The van der Waals surface area contributed by atoms with Crippen molar-refractivity contribution in [3.63, 3.8) is 0 Å². The van der Waals surface area contributed by atoms with Crippen LogP contribution in [0.2, 0.25) is 10.0 Å². The summed E-state index contributed by atoms with van der Waals surface area (Å²) in [4.78, 5) is 17.3. The number of anilines is 1. The quantitative estimate of drug-likeness (QED) is 0.228. The van der Waals surface area contributed by atoms with E-state index in [2.05, 4.69) is 21.7 Å². The molecule has 2 N–H and O–H groups in total. The van der Waals surface area contributed by atoms with Gasteiger partial charge in [0.2, 0.25) is 5.89 Å². The Morgan fingerprint density at radius 1 is 0.972 bits per heavy atom. The van der Waals surface area contributed by atoms with Crippen LogP contribution in [0.3, 0.4) is 0 Å². The van der Waals surface area contributed by atoms with Crippen LogP contribution in [0.4, 0.5) is 5.69 Å². The molecule has 6 nitrogen and oxygen atoms in total. The zero-order valence-corrected chi connectivity index (χ0v) is 21.5. The molecular weight excluding hydrogens is 517 g/mol. The fourth-order valence-corrected chi connectivity index (χ4v) is 4.46. The van der Waals surface area contributed by atoms with E-state index in [1.807, 2.05) is 44.2 Å². The third-order valence-electron chi connectivity index (χ3n) is 5.46. The molecule has 5 rings (SSSR count). The number of nitrogens with one attached hydrogen (secondary N) is 2. The molecular formula is C27H19Cl2N3O3S. The first-order chi connectivity index (χ1) is 17.3. The molecule has 3 aromatic carbocycles. The van der Waals surface area contributed by atoms with Gasteiger partial charge in [-0.15, -0.1) is 0 Å². The zero-order valence-electron chi connectivity index (χ0n) is 19.2. The van der Waals surface area contributed by atoms with E-state index >= 15 is 0 Å². The van der Waals surface area contributed by atoms with Crippen LogP contribution in [0.5, 0.6) is 0 Å². The van der Waals surface area contributed by atoms with Crippen LogP contribution in [-0.4, -0.2) is 16.0 Å². The average molecular weight is 536 g/mol. The number of carbonyl (C=O) groups excluding carboxylic acids is 1. The van der Waals surface area contributed by atoms with Gasteiger partial charge in [0.25, 0.3) is 5.91 Å². The summed E-state index contributed by atoms with van der Waals surface area (Å²) in [6.45, 7) is 4.02. The normalized spacial score (nSPS) is 11.0. The molecule has 0 fully saturated rings. The van der Waals surface area contributed by atoms with Crippen LogP contribution < -0.4 is 10.6 Å². The molecule has 0 atom stereocenters. The molecule has 0 aliphatic carbocycles. The van der Waals surface area contributed by atoms with Gasteiger partial charge in [0.15, 0.2) is 16.5 Å². The van der Waals surface area contributed by atoms with Crippen LogP contribution in [0.1, 0.15) is 21.7 Å². The molecule has 0 radical (unpaired) electrons. The highest BCUT2D eigenvalue weighted by atomic mass is 35.5. The Hall–Kier alpha value is -3.65. The Kier molecular flexibility index (Phi) is 6.53. The molecule has 0 aliphatic heterocycles. The van der Waals surface area contributed by atoms with E-state index in [1.54, 1.807) is 30.3 Å². The fourth-order valence-electron chi connectivity index (χ4n) is 3.86. The predicted octanol–water partition coefficient (Wildman–Crippen LogP) is 7.81. The van der Waals surface area contributed by atoms with Gasteiger partial charge in [0.1, 0.15) is 11.3 Å². The van der Waals surface area contributed by atoms with Crippen molar-refractivity contribution in [3.8, 4) is 22.8 Å². The predicted molar refractivity (Wildman–Crippen MR) is 147 cm³/mol. The van der Waals surface area contributed by atoms with E-state index in [4.69, 9.17) is 44.3 Å². The summed E-state index contributed by atoms with van der Waals surface area (Å²) in [5.41, 5.74) is 5.74. The first-order valence-corrected chi connectivity index (χ1v) is 12.1. The molecule has 5 aromatic rings. The number of aryl methyl sites for hydroxylation is 2. The average Bonchev–Trinajstić information content (AvgIpc) is 3.49. The number of rotatable bonds is 4. The minimum absolute atomic E-state index is 0.0797. The van der Waals surface area contributed by atoms with Crippen LogP contribution in [-0.2, 0) is 0 Å². The molecule has 0 saturated heterocycles. The van der Waals surface area contributed by atoms with E-state index < -0.39 is 5.91 Å². The maximum atomic E-state index is 12.7. The van der Waals surface area contributed by atoms with Crippen LogP contribution in [0, 0.1) is 13.8 Å². The van der Waals surface area contributed by atoms with E-state index in [1.165, 1.54) is 0 Å². The molecule has 0 spiro atoms. The first kappa shape index (κ1) is 24.1. The number of furan rings is 1. The number of amides is 1. The summed E-state index contributed by atoms with van der Waals surface area (Å²) in [5.74, 6) is 0.497. The number of benzene rings is 3. The Balaban J connectivity index is 1.29. The molecule has 36 heavy (non-hydrogen) atoms. The molecule has 2 aromatic heterocycles. The lowest BCUT2D eigenvalue weighted by molar-refractivity contribution is 0.0951. The number of fused-ring (bicyclic) bond motifs is 1. The third-order valence-corrected chi connectivity index (χ3v) is 6.48. The van der Waals surface area contributed by atoms with Gasteiger partial charge < -0.3 is 14.2 Å². The minimum Gasteiger partial charge on any atom is -0.451 e. The molecule has 0 saturated carbocycles. The second-order valence-electron chi connectivity index (χ2n) is 8.20. The number of nitrogens with zero attached hydrogens (tertiary/aromatic N) is 1. The van der Waals surface area contributed by atoms with Crippen molar-refractivity contribution >= 4 is 63.2 Å². The van der Waals surface area contributed by atoms with Crippen molar-refractivity contribution in [2.45, 2.75) is 13.8 Å². The molecule has 0 aliphatic rings. The van der Waals surface area contributed by atoms with E-state index in [0.717, 1.165) is 27.8 Å². The molecule has 180 valence electrons. The Morgan fingerprint density at radius 3 is 2.61 bits per heavy atom. The number of hydrogen-bond donors (Lipinski definition) is 2. The second kappa shape index (κ2) is 9.78. The number of oxazole rings is 1. The van der Waals surface area contributed by atoms with Gasteiger partial charge in [-0.1, -0.05) is 41.4 Å². The van der Waals surface area contributed by atoms with Gasteiger partial charge in [-0.05, 0) is 85.7 Å². The minimum atomic E-state index is -0.502. The molecule has 9 heteroatoms. The summed E-state index contributed by atoms with van der Waals surface area (Å²) in [5, 5.41) is 6.49. The van der Waals surface area contributed by atoms with Crippen molar-refractivity contribution in [1.82, 2.24) is 10.3 Å². The number of carbonyl (C=O) groups is 1. The highest BCUT2D eigenvalue weighted by Crippen LogP contribution is 2.34. The largest absolute Gasteiger partial charge is 0.451 e. The number of thiocarbonyl (C=S) groups is 1. The lowest BCUT2D eigenvalue weighted by atomic mass is 10.1. The zero-order chi connectivity index (χ0) is 25.4. The van der Waals surface area contributed by atoms with Gasteiger partial charge in [-0.3, -0.25) is 10.1 Å². The third kappa shape index (κ3) is 4.86. The van der Waals surface area contributed by atoms with Gasteiger partial charge in [-0.2, -0.15) is 0 Å². The van der Waals surface area contributed by atoms with Crippen LogP contribution in [0.15, 0.2) is 75.6 Å². The lowest BCUT2D eigenvalue weighted by Gasteiger charge is -2.09. The topological polar surface area (TPSA) is 80.3 Å². The highest BCUT2D eigenvalue weighted by Gasteiger charge is 2.17. The van der Waals surface area contributed by atoms with E-state index in [9.17, 15) is 4.79 Å². The summed E-state index contributed by atoms with van der Waals surface area (Å²) in [6.07, 6.45) is 0. The number of halogens is 2. The highest BCUT2D eigenvalue weighted by molar-refractivity contribution is 7.80. The van der Waals surface area contributed by atoms with Crippen LogP contribution >= 0.6 is 35.4 Å². The maximum Gasteiger partial charge on any atom is 0.293 e. The van der Waals surface area contributed by atoms with Crippen molar-refractivity contribution < 1.29 is 13.6 Å². The Labute approximate surface area is 222 Å². The lowest BCUT2D eigenvalue weighted by Crippen LogP contribution is -2.33. The Morgan fingerprint density at radius 2 is 1.78 bits per heavy atom. The smallest absolute Gasteiger partial charge is 0.293 e. The SMILES string of the molecule is Cc1cc(C)c2oc(-c3cccc(NC(=S)NC(=O)c4ccc(-c5cccc(Cl)c5Cl)o4)c3)nc2c1. The summed E-state index contributed by atoms with van der Waals surface area (Å²) in [7, 11) is 0. The molecule has 0 bridgehead atoms. The van der Waals surface area contributed by atoms with Crippen LogP contribution in [0.25, 0.3) is 33.9 Å². The Bertz CT molecular complexity index is 1640. The summed E-state index contributed by atoms with van der Waals surface area (Å²) in [6, 6.07) is 19.8. The monoisotopic (exact) mass is 535 g/mol. The maximum absolute atomic E-state index is 12.7. The number of hydrogen-bond acceptors (Lipinski definition) is 5.